The second-order valence-electron chi connectivity index (χ2n) is 7.64. The normalized spacial score (nSPS) is 12.0. The molecule has 0 spiro atoms. The van der Waals surface area contributed by atoms with Gasteiger partial charge in [-0.15, -0.1) is 0 Å². The van der Waals surface area contributed by atoms with Crippen LogP contribution in [0.2, 0.25) is 0 Å². The number of nitrogens with one attached hydrogen (secondary N) is 2. The van der Waals surface area contributed by atoms with Gasteiger partial charge in [0.1, 0.15) is 5.69 Å². The first-order valence-electron chi connectivity index (χ1n) is 9.91. The van der Waals surface area contributed by atoms with Crippen LogP contribution in [0.25, 0.3) is 0 Å². The highest BCUT2D eigenvalue weighted by Crippen LogP contribution is 2.22. The molecule has 2 aromatic rings. The lowest BCUT2D eigenvalue weighted by molar-refractivity contribution is -0.125. The molecular weight excluding hydrogens is 368 g/mol. The maximum Gasteiger partial charge on any atom is 0.355 e. The van der Waals surface area contributed by atoms with E-state index in [2.05, 4.69) is 29.4 Å². The summed E-state index contributed by atoms with van der Waals surface area (Å²) in [5.74, 6) is -0.971. The minimum Gasteiger partial charge on any atom is -0.451 e. The van der Waals surface area contributed by atoms with Crippen LogP contribution in [-0.2, 0) is 16.0 Å². The number of ketones is 1. The van der Waals surface area contributed by atoms with Crippen LogP contribution >= 0.6 is 0 Å². The van der Waals surface area contributed by atoms with Gasteiger partial charge in [-0.05, 0) is 49.8 Å². The van der Waals surface area contributed by atoms with Crippen molar-refractivity contribution in [2.24, 2.45) is 5.92 Å². The van der Waals surface area contributed by atoms with Crippen LogP contribution in [0.1, 0.15) is 77.0 Å². The summed E-state index contributed by atoms with van der Waals surface area (Å²) in [5.41, 5.74) is 4.09. The largest absolute Gasteiger partial charge is 0.451 e. The van der Waals surface area contributed by atoms with E-state index >= 15 is 0 Å². The number of ether oxygens (including phenoxy) is 1. The van der Waals surface area contributed by atoms with E-state index in [0.29, 0.717) is 16.8 Å². The fraction of sp³-hybridized carbons (Fsp3) is 0.435. The van der Waals surface area contributed by atoms with Gasteiger partial charge in [-0.25, -0.2) is 4.79 Å². The molecule has 6 heteroatoms. The van der Waals surface area contributed by atoms with Crippen molar-refractivity contribution in [2.45, 2.75) is 54.0 Å². The van der Waals surface area contributed by atoms with Gasteiger partial charge in [0, 0.05) is 11.3 Å². The molecule has 1 heterocycles. The lowest BCUT2D eigenvalue weighted by Gasteiger charge is -2.23. The third kappa shape index (κ3) is 5.34. The Labute approximate surface area is 172 Å². The molecule has 1 aromatic heterocycles. The zero-order valence-corrected chi connectivity index (χ0v) is 18.0. The fourth-order valence-corrected chi connectivity index (χ4v) is 3.50. The number of aryl methyl sites for hydroxylation is 2. The highest BCUT2D eigenvalue weighted by molar-refractivity contribution is 6.01. The molecule has 0 saturated carbocycles. The van der Waals surface area contributed by atoms with E-state index in [9.17, 15) is 14.4 Å². The summed E-state index contributed by atoms with van der Waals surface area (Å²) in [6, 6.07) is 7.97. The number of carbonyl (C=O) groups is 3. The second-order valence-corrected chi connectivity index (χ2v) is 7.64. The van der Waals surface area contributed by atoms with Gasteiger partial charge in [0.2, 0.25) is 0 Å². The molecule has 0 fully saturated rings. The van der Waals surface area contributed by atoms with Crippen LogP contribution in [-0.4, -0.2) is 29.3 Å². The summed E-state index contributed by atoms with van der Waals surface area (Å²) < 4.78 is 5.18. The maximum atomic E-state index is 12.4. The van der Waals surface area contributed by atoms with Gasteiger partial charge in [0.05, 0.1) is 6.04 Å². The standard InChI is InChI=1S/C23H30N2O4/c1-7-17-8-10-18(11-9-17)21(13(2)3)25-19(27)12-29-23(28)22-14(4)20(16(6)26)15(5)24-22/h8-11,13,21,24H,7,12H2,1-6H3,(H,25,27)/t21-/m0/s1. The molecule has 156 valence electrons. The van der Waals surface area contributed by atoms with Crippen molar-refractivity contribution in [3.63, 3.8) is 0 Å². The lowest BCUT2D eigenvalue weighted by atomic mass is 9.95. The van der Waals surface area contributed by atoms with Crippen LogP contribution in [0.3, 0.4) is 0 Å². The average Bonchev–Trinajstić information content (AvgIpc) is 2.98. The Morgan fingerprint density at radius 1 is 1.10 bits per heavy atom. The number of benzene rings is 1. The average molecular weight is 399 g/mol. The van der Waals surface area contributed by atoms with E-state index in [1.807, 2.05) is 26.0 Å². The Hall–Kier alpha value is -2.89. The number of carbonyl (C=O) groups excluding carboxylic acids is 3. The molecule has 0 aliphatic carbocycles. The first-order chi connectivity index (χ1) is 13.6. The Morgan fingerprint density at radius 3 is 2.21 bits per heavy atom. The van der Waals surface area contributed by atoms with Gasteiger partial charge >= 0.3 is 5.97 Å². The first-order valence-corrected chi connectivity index (χ1v) is 9.91. The van der Waals surface area contributed by atoms with Crippen LogP contribution in [0.4, 0.5) is 0 Å². The molecule has 0 aliphatic rings. The molecule has 0 bridgehead atoms. The molecule has 1 amide bonds. The minimum absolute atomic E-state index is 0.123. The molecular formula is C23H30N2O4. The fourth-order valence-electron chi connectivity index (χ4n) is 3.50. The van der Waals surface area contributed by atoms with Gasteiger partial charge < -0.3 is 15.0 Å². The molecule has 1 atom stereocenters. The first kappa shape index (κ1) is 22.4. The molecule has 2 N–H and O–H groups in total. The quantitative estimate of drug-likeness (QED) is 0.518. The van der Waals surface area contributed by atoms with E-state index in [-0.39, 0.29) is 36.0 Å². The van der Waals surface area contributed by atoms with Crippen molar-refractivity contribution in [1.82, 2.24) is 10.3 Å². The van der Waals surface area contributed by atoms with Crippen LogP contribution in [0.5, 0.6) is 0 Å². The summed E-state index contributed by atoms with van der Waals surface area (Å²) in [5, 5.41) is 2.95. The third-order valence-electron chi connectivity index (χ3n) is 5.06. The van der Waals surface area contributed by atoms with E-state index in [4.69, 9.17) is 4.74 Å². The monoisotopic (exact) mass is 398 g/mol. The van der Waals surface area contributed by atoms with Crippen molar-refractivity contribution in [1.29, 1.82) is 0 Å². The van der Waals surface area contributed by atoms with Crippen LogP contribution < -0.4 is 5.32 Å². The van der Waals surface area contributed by atoms with E-state index in [1.165, 1.54) is 12.5 Å². The molecule has 2 rings (SSSR count). The van der Waals surface area contributed by atoms with Gasteiger partial charge in [0.25, 0.3) is 5.91 Å². The third-order valence-corrected chi connectivity index (χ3v) is 5.06. The smallest absolute Gasteiger partial charge is 0.355 e. The number of H-pyrrole nitrogens is 1. The van der Waals surface area contributed by atoms with E-state index in [1.54, 1.807) is 13.8 Å². The highest BCUT2D eigenvalue weighted by atomic mass is 16.5. The number of amides is 1. The molecule has 0 unspecified atom stereocenters. The molecule has 1 aromatic carbocycles. The minimum atomic E-state index is -0.651. The number of rotatable bonds is 8. The highest BCUT2D eigenvalue weighted by Gasteiger charge is 2.23. The van der Waals surface area contributed by atoms with Gasteiger partial charge in [-0.2, -0.15) is 0 Å². The SMILES string of the molecule is CCc1ccc([C@@H](NC(=O)COC(=O)c2[nH]c(C)c(C(C)=O)c2C)C(C)C)cc1. The number of hydrogen-bond donors (Lipinski definition) is 2. The van der Waals surface area contributed by atoms with Crippen molar-refractivity contribution >= 4 is 17.7 Å². The van der Waals surface area contributed by atoms with Gasteiger partial charge in [-0.1, -0.05) is 45.0 Å². The predicted octanol–water partition coefficient (Wildman–Crippen LogP) is 4.07. The number of Topliss-reactive ketones (excluding diaryl/α,β-unsaturated/α-hetero) is 1. The number of aromatic nitrogens is 1. The Morgan fingerprint density at radius 2 is 1.72 bits per heavy atom. The Bertz CT molecular complexity index is 894. The van der Waals surface area contributed by atoms with E-state index < -0.39 is 5.97 Å². The summed E-state index contributed by atoms with van der Waals surface area (Å²) in [7, 11) is 0. The van der Waals surface area contributed by atoms with Gasteiger partial charge in [-0.3, -0.25) is 9.59 Å². The van der Waals surface area contributed by atoms with Gasteiger partial charge in [0.15, 0.2) is 12.4 Å². The maximum absolute atomic E-state index is 12.4. The predicted molar refractivity (Wildman–Crippen MR) is 112 cm³/mol. The molecule has 0 aliphatic heterocycles. The number of esters is 1. The second kappa shape index (κ2) is 9.54. The van der Waals surface area contributed by atoms with Crippen molar-refractivity contribution in [2.75, 3.05) is 6.61 Å². The molecule has 0 saturated heterocycles. The molecule has 29 heavy (non-hydrogen) atoms. The zero-order chi connectivity index (χ0) is 21.7. The van der Waals surface area contributed by atoms with Crippen molar-refractivity contribution in [3.05, 3.63) is 57.9 Å². The zero-order valence-electron chi connectivity index (χ0n) is 18.0. The Kier molecular flexibility index (Phi) is 7.37. The number of aromatic amines is 1. The number of hydrogen-bond acceptors (Lipinski definition) is 4. The molecule has 0 radical (unpaired) electrons. The lowest BCUT2D eigenvalue weighted by Crippen LogP contribution is -2.35. The van der Waals surface area contributed by atoms with E-state index in [0.717, 1.165) is 12.0 Å². The summed E-state index contributed by atoms with van der Waals surface area (Å²) in [4.78, 5) is 39.4. The van der Waals surface area contributed by atoms with Crippen molar-refractivity contribution in [3.8, 4) is 0 Å². The Balaban J connectivity index is 2.03. The van der Waals surface area contributed by atoms with Crippen molar-refractivity contribution < 1.29 is 19.1 Å². The summed E-state index contributed by atoms with van der Waals surface area (Å²) in [6.45, 7) is 10.6. The summed E-state index contributed by atoms with van der Waals surface area (Å²) in [6.07, 6.45) is 0.956. The van der Waals surface area contributed by atoms with Crippen LogP contribution in [0.15, 0.2) is 24.3 Å². The topological polar surface area (TPSA) is 88.3 Å². The van der Waals surface area contributed by atoms with Crippen LogP contribution in [0, 0.1) is 19.8 Å². The molecule has 6 nitrogen and oxygen atoms in total. The summed E-state index contributed by atoms with van der Waals surface area (Å²) >= 11 is 0.